The van der Waals surface area contributed by atoms with Gasteiger partial charge in [-0.2, -0.15) is 0 Å². The lowest BCUT2D eigenvalue weighted by atomic mass is 10.1. The molecule has 5 nitrogen and oxygen atoms in total. The van der Waals surface area contributed by atoms with Crippen LogP contribution in [0.2, 0.25) is 0 Å². The van der Waals surface area contributed by atoms with E-state index in [0.29, 0.717) is 0 Å². The summed E-state index contributed by atoms with van der Waals surface area (Å²) in [6.07, 6.45) is 1.04. The van der Waals surface area contributed by atoms with Crippen molar-refractivity contribution in [2.75, 3.05) is 51.8 Å². The van der Waals surface area contributed by atoms with Crippen LogP contribution in [0.5, 0.6) is 0 Å². The topological polar surface area (TPSA) is 44.8 Å². The number of piperazine rings is 1. The molecule has 0 radical (unpaired) electrons. The summed E-state index contributed by atoms with van der Waals surface area (Å²) in [5.74, 6) is 0. The van der Waals surface area contributed by atoms with Crippen LogP contribution in [0.1, 0.15) is 6.42 Å². The number of benzene rings is 2. The van der Waals surface area contributed by atoms with Crippen LogP contribution in [0.25, 0.3) is 11.1 Å². The summed E-state index contributed by atoms with van der Waals surface area (Å²) < 4.78 is 5.10. The second-order valence-corrected chi connectivity index (χ2v) is 6.55. The minimum absolute atomic E-state index is 0.0215. The van der Waals surface area contributed by atoms with Crippen LogP contribution in [0.3, 0.4) is 0 Å². The molecule has 3 rings (SSSR count). The first-order valence-electron chi connectivity index (χ1n) is 9.19. The second-order valence-electron chi connectivity index (χ2n) is 6.55. The summed E-state index contributed by atoms with van der Waals surface area (Å²) in [6.45, 7) is 5.18. The monoisotopic (exact) mass is 353 g/mol. The number of nitrogens with zero attached hydrogens (tertiary/aromatic N) is 2. The van der Waals surface area contributed by atoms with E-state index in [1.54, 1.807) is 7.11 Å². The SMILES string of the molecule is COCCCN1CCN(C(=O)Nc2cccc(-c3ccccc3)c2)CC1. The van der Waals surface area contributed by atoms with E-state index in [9.17, 15) is 4.79 Å². The summed E-state index contributed by atoms with van der Waals surface area (Å²) in [5.41, 5.74) is 3.08. The third kappa shape index (κ3) is 5.07. The maximum absolute atomic E-state index is 12.6. The number of hydrogen-bond donors (Lipinski definition) is 1. The Kier molecular flexibility index (Phi) is 6.63. The van der Waals surface area contributed by atoms with E-state index in [0.717, 1.165) is 62.6 Å². The number of urea groups is 1. The molecular formula is C21H27N3O2. The van der Waals surface area contributed by atoms with Crippen molar-refractivity contribution in [1.29, 1.82) is 0 Å². The molecule has 1 heterocycles. The number of anilines is 1. The Labute approximate surface area is 155 Å². The Morgan fingerprint density at radius 1 is 1.00 bits per heavy atom. The van der Waals surface area contributed by atoms with E-state index in [1.807, 2.05) is 41.3 Å². The number of hydrogen-bond acceptors (Lipinski definition) is 3. The number of ether oxygens (including phenoxy) is 1. The minimum Gasteiger partial charge on any atom is -0.385 e. The lowest BCUT2D eigenvalue weighted by Gasteiger charge is -2.34. The first kappa shape index (κ1) is 18.4. The third-order valence-electron chi connectivity index (χ3n) is 4.70. The van der Waals surface area contributed by atoms with Gasteiger partial charge >= 0.3 is 6.03 Å². The van der Waals surface area contributed by atoms with Gasteiger partial charge in [0.05, 0.1) is 0 Å². The molecule has 1 aliphatic rings. The number of nitrogens with one attached hydrogen (secondary N) is 1. The van der Waals surface area contributed by atoms with Crippen molar-refractivity contribution in [2.45, 2.75) is 6.42 Å². The molecule has 0 spiro atoms. The highest BCUT2D eigenvalue weighted by molar-refractivity contribution is 5.90. The summed E-state index contributed by atoms with van der Waals surface area (Å²) in [7, 11) is 1.73. The average Bonchev–Trinajstić information content (AvgIpc) is 2.69. The molecule has 0 saturated carbocycles. The number of carbonyl (C=O) groups is 1. The largest absolute Gasteiger partial charge is 0.385 e. The van der Waals surface area contributed by atoms with Crippen molar-refractivity contribution < 1.29 is 9.53 Å². The molecule has 26 heavy (non-hydrogen) atoms. The van der Waals surface area contributed by atoms with Crippen molar-refractivity contribution >= 4 is 11.7 Å². The van der Waals surface area contributed by atoms with Crippen LogP contribution in [-0.4, -0.2) is 62.3 Å². The zero-order valence-electron chi connectivity index (χ0n) is 15.4. The molecule has 1 fully saturated rings. The fourth-order valence-electron chi connectivity index (χ4n) is 3.22. The zero-order valence-corrected chi connectivity index (χ0v) is 15.4. The van der Waals surface area contributed by atoms with Gasteiger partial charge in [-0.1, -0.05) is 42.5 Å². The van der Waals surface area contributed by atoms with Crippen LogP contribution in [0.4, 0.5) is 10.5 Å². The van der Waals surface area contributed by atoms with E-state index in [4.69, 9.17) is 4.74 Å². The molecule has 5 heteroatoms. The summed E-state index contributed by atoms with van der Waals surface area (Å²) in [6, 6.07) is 18.2. The van der Waals surface area contributed by atoms with Gasteiger partial charge in [-0.15, -0.1) is 0 Å². The van der Waals surface area contributed by atoms with Gasteiger partial charge in [-0.25, -0.2) is 4.79 Å². The van der Waals surface area contributed by atoms with Crippen LogP contribution >= 0.6 is 0 Å². The number of amides is 2. The number of methoxy groups -OCH3 is 1. The Morgan fingerprint density at radius 2 is 1.73 bits per heavy atom. The van der Waals surface area contributed by atoms with E-state index in [1.165, 1.54) is 0 Å². The predicted molar refractivity (Wildman–Crippen MR) is 105 cm³/mol. The standard InChI is InChI=1S/C21H27N3O2/c1-26-16-6-11-23-12-14-24(15-13-23)21(25)22-20-10-5-9-19(17-20)18-7-3-2-4-8-18/h2-5,7-10,17H,6,11-16H2,1H3,(H,22,25). The lowest BCUT2D eigenvalue weighted by Crippen LogP contribution is -2.50. The van der Waals surface area contributed by atoms with Gasteiger partial charge in [0.1, 0.15) is 0 Å². The molecule has 2 aromatic rings. The second kappa shape index (κ2) is 9.36. The first-order valence-corrected chi connectivity index (χ1v) is 9.19. The summed E-state index contributed by atoms with van der Waals surface area (Å²) in [4.78, 5) is 16.8. The highest BCUT2D eigenvalue weighted by atomic mass is 16.5. The van der Waals surface area contributed by atoms with Gasteiger partial charge in [0, 0.05) is 52.1 Å². The molecule has 0 aliphatic carbocycles. The fourth-order valence-corrected chi connectivity index (χ4v) is 3.22. The molecule has 0 atom stereocenters. The van der Waals surface area contributed by atoms with Crippen molar-refractivity contribution in [3.8, 4) is 11.1 Å². The predicted octanol–water partition coefficient (Wildman–Crippen LogP) is 3.54. The molecule has 0 unspecified atom stereocenters. The highest BCUT2D eigenvalue weighted by Crippen LogP contribution is 2.22. The smallest absolute Gasteiger partial charge is 0.321 e. The molecule has 138 valence electrons. The van der Waals surface area contributed by atoms with Crippen LogP contribution in [-0.2, 0) is 4.74 Å². The molecule has 2 aromatic carbocycles. The van der Waals surface area contributed by atoms with Gasteiger partial charge in [0.25, 0.3) is 0 Å². The number of carbonyl (C=O) groups excluding carboxylic acids is 1. The van der Waals surface area contributed by atoms with Crippen molar-refractivity contribution in [2.24, 2.45) is 0 Å². The molecule has 0 bridgehead atoms. The summed E-state index contributed by atoms with van der Waals surface area (Å²) >= 11 is 0. The molecule has 0 aromatic heterocycles. The maximum Gasteiger partial charge on any atom is 0.321 e. The third-order valence-corrected chi connectivity index (χ3v) is 4.70. The molecular weight excluding hydrogens is 326 g/mol. The van der Waals surface area contributed by atoms with E-state index in [-0.39, 0.29) is 6.03 Å². The zero-order chi connectivity index (χ0) is 18.2. The van der Waals surface area contributed by atoms with Gasteiger partial charge in [-0.05, 0) is 29.7 Å². The van der Waals surface area contributed by atoms with Crippen LogP contribution in [0, 0.1) is 0 Å². The van der Waals surface area contributed by atoms with E-state index >= 15 is 0 Å². The van der Waals surface area contributed by atoms with Gasteiger partial charge in [0.2, 0.25) is 0 Å². The van der Waals surface area contributed by atoms with E-state index < -0.39 is 0 Å². The lowest BCUT2D eigenvalue weighted by molar-refractivity contribution is 0.130. The Bertz CT molecular complexity index is 697. The van der Waals surface area contributed by atoms with Crippen molar-refractivity contribution in [3.05, 3.63) is 54.6 Å². The Morgan fingerprint density at radius 3 is 2.46 bits per heavy atom. The van der Waals surface area contributed by atoms with Crippen LogP contribution < -0.4 is 5.32 Å². The van der Waals surface area contributed by atoms with E-state index in [2.05, 4.69) is 28.4 Å². The molecule has 1 N–H and O–H groups in total. The quantitative estimate of drug-likeness (QED) is 0.808. The average molecular weight is 353 g/mol. The minimum atomic E-state index is -0.0215. The van der Waals surface area contributed by atoms with Crippen LogP contribution in [0.15, 0.2) is 54.6 Å². The Balaban J connectivity index is 1.53. The van der Waals surface area contributed by atoms with Gasteiger partial charge in [-0.3, -0.25) is 4.90 Å². The van der Waals surface area contributed by atoms with Gasteiger partial charge in [0.15, 0.2) is 0 Å². The fraction of sp³-hybridized carbons (Fsp3) is 0.381. The van der Waals surface area contributed by atoms with Gasteiger partial charge < -0.3 is 15.0 Å². The summed E-state index contributed by atoms with van der Waals surface area (Å²) in [5, 5.41) is 3.04. The molecule has 1 saturated heterocycles. The maximum atomic E-state index is 12.6. The van der Waals surface area contributed by atoms with Crippen molar-refractivity contribution in [1.82, 2.24) is 9.80 Å². The van der Waals surface area contributed by atoms with Crippen molar-refractivity contribution in [3.63, 3.8) is 0 Å². The molecule has 2 amide bonds. The first-order chi connectivity index (χ1) is 12.8. The Hall–Kier alpha value is -2.37. The normalized spacial score (nSPS) is 15.0. The highest BCUT2D eigenvalue weighted by Gasteiger charge is 2.20. The molecule has 1 aliphatic heterocycles. The number of rotatable bonds is 6.